The van der Waals surface area contributed by atoms with Gasteiger partial charge >= 0.3 is 0 Å². The number of nitrogens with one attached hydrogen (secondary N) is 1. The Balaban J connectivity index is 1.55. The van der Waals surface area contributed by atoms with E-state index in [0.29, 0.717) is 0 Å². The lowest BCUT2D eigenvalue weighted by molar-refractivity contribution is 0.632. The van der Waals surface area contributed by atoms with Gasteiger partial charge in [-0.1, -0.05) is 6.08 Å². The van der Waals surface area contributed by atoms with Crippen LogP contribution >= 0.6 is 0 Å². The number of hydrogen-bond acceptors (Lipinski definition) is 2. The smallest absolute Gasteiger partial charge is 0.132 e. The van der Waals surface area contributed by atoms with Crippen molar-refractivity contribution in [2.45, 2.75) is 25.7 Å². The van der Waals surface area contributed by atoms with Crippen LogP contribution in [0.4, 0.5) is 4.39 Å². The normalized spacial score (nSPS) is 22.6. The summed E-state index contributed by atoms with van der Waals surface area (Å²) in [5.41, 5.74) is 2.69. The Morgan fingerprint density at radius 1 is 1.41 bits per heavy atom. The molecule has 3 heteroatoms. The highest BCUT2D eigenvalue weighted by atomic mass is 19.1. The molecule has 0 bridgehead atoms. The summed E-state index contributed by atoms with van der Waals surface area (Å²) in [4.78, 5) is 4.29. The van der Waals surface area contributed by atoms with Gasteiger partial charge in [0.2, 0.25) is 0 Å². The molecule has 17 heavy (non-hydrogen) atoms. The number of rotatable bonds is 5. The van der Waals surface area contributed by atoms with Gasteiger partial charge in [-0.15, -0.1) is 0 Å². The molecule has 3 rings (SSSR count). The summed E-state index contributed by atoms with van der Waals surface area (Å²) >= 11 is 0. The molecule has 0 atom stereocenters. The van der Waals surface area contributed by atoms with Gasteiger partial charge in [0, 0.05) is 18.2 Å². The van der Waals surface area contributed by atoms with Crippen LogP contribution in [0.2, 0.25) is 0 Å². The van der Waals surface area contributed by atoms with Crippen LogP contribution in [0.3, 0.4) is 0 Å². The van der Waals surface area contributed by atoms with E-state index >= 15 is 0 Å². The Morgan fingerprint density at radius 2 is 2.29 bits per heavy atom. The van der Waals surface area contributed by atoms with E-state index in [1.165, 1.54) is 12.8 Å². The average molecular weight is 232 g/mol. The van der Waals surface area contributed by atoms with Crippen LogP contribution < -0.4 is 5.32 Å². The molecule has 0 spiro atoms. The number of hydrogen-bond donors (Lipinski definition) is 1. The van der Waals surface area contributed by atoms with Crippen LogP contribution in [-0.4, -0.2) is 18.8 Å². The summed E-state index contributed by atoms with van der Waals surface area (Å²) in [5, 5.41) is 3.43. The van der Waals surface area contributed by atoms with E-state index in [4.69, 9.17) is 0 Å². The van der Waals surface area contributed by atoms with E-state index in [2.05, 4.69) is 10.3 Å². The fourth-order valence-electron chi connectivity index (χ4n) is 2.31. The van der Waals surface area contributed by atoms with E-state index in [9.17, 15) is 4.39 Å². The van der Waals surface area contributed by atoms with Crippen molar-refractivity contribution in [1.82, 2.24) is 5.32 Å². The highest BCUT2D eigenvalue weighted by molar-refractivity contribution is 6.08. The lowest BCUT2D eigenvalue weighted by atomic mass is 9.95. The molecule has 1 heterocycles. The molecule has 1 fully saturated rings. The molecule has 0 aromatic carbocycles. The summed E-state index contributed by atoms with van der Waals surface area (Å²) in [6, 6.07) is 0. The Bertz CT molecular complexity index is 439. The van der Waals surface area contributed by atoms with Gasteiger partial charge in [0.15, 0.2) is 0 Å². The molecule has 0 aromatic heterocycles. The molecular weight excluding hydrogens is 215 g/mol. The van der Waals surface area contributed by atoms with Gasteiger partial charge in [0.1, 0.15) is 5.83 Å². The third-order valence-electron chi connectivity index (χ3n) is 3.50. The summed E-state index contributed by atoms with van der Waals surface area (Å²) in [7, 11) is 0. The third kappa shape index (κ3) is 2.39. The summed E-state index contributed by atoms with van der Waals surface area (Å²) in [6.07, 6.45) is 9.59. The quantitative estimate of drug-likeness (QED) is 0.724. The Hall–Kier alpha value is -1.22. The number of nitrogens with zero attached hydrogens (tertiary/aromatic N) is 1. The van der Waals surface area contributed by atoms with Gasteiger partial charge in [-0.3, -0.25) is 4.99 Å². The molecule has 1 saturated carbocycles. The van der Waals surface area contributed by atoms with E-state index in [1.54, 1.807) is 6.08 Å². The van der Waals surface area contributed by atoms with Gasteiger partial charge in [0.05, 0.1) is 5.71 Å². The minimum Gasteiger partial charge on any atom is -0.316 e. The predicted molar refractivity (Wildman–Crippen MR) is 67.6 cm³/mol. The minimum atomic E-state index is -0.124. The van der Waals surface area contributed by atoms with Crippen LogP contribution in [0.5, 0.6) is 0 Å². The second kappa shape index (κ2) is 4.57. The molecule has 0 saturated heterocycles. The number of aliphatic imine (C=N–C) groups is 1. The first-order valence-corrected chi connectivity index (χ1v) is 6.38. The molecule has 2 nitrogen and oxygen atoms in total. The minimum absolute atomic E-state index is 0.124. The summed E-state index contributed by atoms with van der Waals surface area (Å²) in [6.45, 7) is 2.04. The SMILES string of the molecule is FC1=C2C(CCNCC3CC3)=CN=C2CC=C1. The maximum atomic E-state index is 13.7. The second-order valence-electron chi connectivity index (χ2n) is 4.96. The van der Waals surface area contributed by atoms with Crippen molar-refractivity contribution < 1.29 is 4.39 Å². The molecule has 0 unspecified atom stereocenters. The molecule has 2 aliphatic carbocycles. The van der Waals surface area contributed by atoms with Crippen molar-refractivity contribution in [3.8, 4) is 0 Å². The maximum absolute atomic E-state index is 13.7. The van der Waals surface area contributed by atoms with Gasteiger partial charge in [-0.25, -0.2) is 4.39 Å². The van der Waals surface area contributed by atoms with Crippen LogP contribution in [0.1, 0.15) is 25.7 Å². The predicted octanol–water partition coefficient (Wildman–Crippen LogP) is 2.90. The first-order chi connectivity index (χ1) is 8.34. The van der Waals surface area contributed by atoms with Crippen LogP contribution in [0.15, 0.2) is 40.3 Å². The Morgan fingerprint density at radius 3 is 3.12 bits per heavy atom. The van der Waals surface area contributed by atoms with Crippen molar-refractivity contribution in [3.05, 3.63) is 35.3 Å². The lowest BCUT2D eigenvalue weighted by Gasteiger charge is -2.11. The van der Waals surface area contributed by atoms with E-state index in [1.807, 2.05) is 12.3 Å². The highest BCUT2D eigenvalue weighted by Gasteiger charge is 2.23. The van der Waals surface area contributed by atoms with E-state index < -0.39 is 0 Å². The lowest BCUT2D eigenvalue weighted by Crippen LogP contribution is -2.19. The van der Waals surface area contributed by atoms with Crippen LogP contribution in [0, 0.1) is 5.92 Å². The fourth-order valence-corrected chi connectivity index (χ4v) is 2.31. The topological polar surface area (TPSA) is 24.4 Å². The summed E-state index contributed by atoms with van der Waals surface area (Å²) in [5.74, 6) is 0.772. The molecule has 3 aliphatic rings. The number of allylic oxidation sites excluding steroid dienone is 4. The molecule has 1 N–H and O–H groups in total. The van der Waals surface area contributed by atoms with Crippen molar-refractivity contribution in [2.24, 2.45) is 10.9 Å². The highest BCUT2D eigenvalue weighted by Crippen LogP contribution is 2.31. The van der Waals surface area contributed by atoms with Crippen molar-refractivity contribution in [3.63, 3.8) is 0 Å². The fraction of sp³-hybridized carbons (Fsp3) is 0.500. The molecule has 0 aromatic rings. The average Bonchev–Trinajstić information content (AvgIpc) is 3.05. The zero-order valence-corrected chi connectivity index (χ0v) is 9.88. The van der Waals surface area contributed by atoms with Crippen molar-refractivity contribution >= 4 is 5.71 Å². The number of fused-ring (bicyclic) bond motifs is 1. The van der Waals surface area contributed by atoms with Gasteiger partial charge < -0.3 is 5.32 Å². The van der Waals surface area contributed by atoms with Gasteiger partial charge in [-0.05, 0) is 49.9 Å². The second-order valence-corrected chi connectivity index (χ2v) is 4.96. The molecular formula is C14H17FN2. The largest absolute Gasteiger partial charge is 0.316 e. The molecule has 90 valence electrons. The molecule has 0 radical (unpaired) electrons. The van der Waals surface area contributed by atoms with Crippen LogP contribution in [0.25, 0.3) is 0 Å². The Labute approximate surface area is 101 Å². The first kappa shape index (κ1) is 10.9. The van der Waals surface area contributed by atoms with E-state index in [0.717, 1.165) is 48.7 Å². The summed E-state index contributed by atoms with van der Waals surface area (Å²) < 4.78 is 13.7. The monoisotopic (exact) mass is 232 g/mol. The van der Waals surface area contributed by atoms with E-state index in [-0.39, 0.29) is 5.83 Å². The zero-order valence-electron chi connectivity index (χ0n) is 9.88. The molecule has 1 aliphatic heterocycles. The van der Waals surface area contributed by atoms with Gasteiger partial charge in [0.25, 0.3) is 0 Å². The van der Waals surface area contributed by atoms with Crippen LogP contribution in [-0.2, 0) is 0 Å². The molecule has 0 amide bonds. The van der Waals surface area contributed by atoms with Crippen molar-refractivity contribution in [2.75, 3.05) is 13.1 Å². The standard InChI is InChI=1S/C14H17FN2/c15-12-2-1-3-13-14(12)11(9-17-13)6-7-16-8-10-4-5-10/h1-2,9-10,16H,3-8H2. The first-order valence-electron chi connectivity index (χ1n) is 6.38. The van der Waals surface area contributed by atoms with Crippen molar-refractivity contribution in [1.29, 1.82) is 0 Å². The van der Waals surface area contributed by atoms with Gasteiger partial charge in [-0.2, -0.15) is 0 Å². The number of halogens is 1. The Kier molecular flexibility index (Phi) is 2.93. The third-order valence-corrected chi connectivity index (χ3v) is 3.50. The maximum Gasteiger partial charge on any atom is 0.132 e. The zero-order chi connectivity index (χ0) is 11.7.